The maximum Gasteiger partial charge on any atom is 0.186 e. The highest BCUT2D eigenvalue weighted by atomic mass is 32.1. The lowest BCUT2D eigenvalue weighted by Crippen LogP contribution is -2.42. The van der Waals surface area contributed by atoms with E-state index in [-0.39, 0.29) is 5.78 Å². The predicted molar refractivity (Wildman–Crippen MR) is 83.7 cm³/mol. The Kier molecular flexibility index (Phi) is 6.20. The molecular formula is C16H25NO2S. The molecule has 4 heteroatoms. The Morgan fingerprint density at radius 1 is 1.45 bits per heavy atom. The van der Waals surface area contributed by atoms with Crippen molar-refractivity contribution in [2.24, 2.45) is 0 Å². The fraction of sp³-hybridized carbons (Fsp3) is 0.688. The minimum absolute atomic E-state index is 0.255. The maximum absolute atomic E-state index is 12.3. The molecule has 0 N–H and O–H groups in total. The summed E-state index contributed by atoms with van der Waals surface area (Å²) in [6.45, 7) is 7.54. The standard InChI is InChI=1S/C16H25NO2S/c1-3-10-19-13-6-5-9-17(11-13)12-15(18)16-8-7-14(4-2)20-16/h7-8,13H,3-6,9-12H2,1-2H3. The van der Waals surface area contributed by atoms with Crippen LogP contribution in [0.4, 0.5) is 0 Å². The quantitative estimate of drug-likeness (QED) is 0.722. The molecule has 2 rings (SSSR count). The first kappa shape index (κ1) is 15.7. The average molecular weight is 295 g/mol. The summed E-state index contributed by atoms with van der Waals surface area (Å²) >= 11 is 1.64. The molecule has 1 saturated heterocycles. The van der Waals surface area contributed by atoms with Gasteiger partial charge in [0.25, 0.3) is 0 Å². The van der Waals surface area contributed by atoms with Crippen molar-refractivity contribution in [1.29, 1.82) is 0 Å². The van der Waals surface area contributed by atoms with E-state index in [0.29, 0.717) is 12.6 Å². The number of rotatable bonds is 7. The normalized spacial score (nSPS) is 20.2. The highest BCUT2D eigenvalue weighted by Crippen LogP contribution is 2.19. The number of nitrogens with zero attached hydrogens (tertiary/aromatic N) is 1. The summed E-state index contributed by atoms with van der Waals surface area (Å²) in [7, 11) is 0. The number of carbonyl (C=O) groups is 1. The van der Waals surface area contributed by atoms with E-state index in [0.717, 1.165) is 50.3 Å². The zero-order valence-corrected chi connectivity index (χ0v) is 13.4. The van der Waals surface area contributed by atoms with Crippen LogP contribution in [0, 0.1) is 0 Å². The second kappa shape index (κ2) is 7.91. The molecule has 0 radical (unpaired) electrons. The highest BCUT2D eigenvalue weighted by molar-refractivity contribution is 7.14. The van der Waals surface area contributed by atoms with Gasteiger partial charge in [0, 0.05) is 18.0 Å². The molecule has 20 heavy (non-hydrogen) atoms. The summed E-state index contributed by atoms with van der Waals surface area (Å²) in [4.78, 5) is 16.7. The minimum atomic E-state index is 0.255. The van der Waals surface area contributed by atoms with E-state index in [9.17, 15) is 4.79 Å². The van der Waals surface area contributed by atoms with Gasteiger partial charge in [-0.25, -0.2) is 0 Å². The van der Waals surface area contributed by atoms with Crippen LogP contribution >= 0.6 is 11.3 Å². The van der Waals surface area contributed by atoms with Crippen LogP contribution in [0.15, 0.2) is 12.1 Å². The first-order valence-corrected chi connectivity index (χ1v) is 8.50. The Balaban J connectivity index is 1.84. The highest BCUT2D eigenvalue weighted by Gasteiger charge is 2.22. The third-order valence-corrected chi connectivity index (χ3v) is 4.94. The number of carbonyl (C=O) groups excluding carboxylic acids is 1. The monoisotopic (exact) mass is 295 g/mol. The van der Waals surface area contributed by atoms with Crippen molar-refractivity contribution in [3.8, 4) is 0 Å². The molecule has 1 atom stereocenters. The number of hydrogen-bond acceptors (Lipinski definition) is 4. The topological polar surface area (TPSA) is 29.5 Å². The molecule has 0 aliphatic carbocycles. The van der Waals surface area contributed by atoms with Gasteiger partial charge in [-0.3, -0.25) is 9.69 Å². The molecule has 0 aromatic carbocycles. The van der Waals surface area contributed by atoms with Crippen molar-refractivity contribution < 1.29 is 9.53 Å². The van der Waals surface area contributed by atoms with Gasteiger partial charge in [-0.05, 0) is 44.4 Å². The van der Waals surface area contributed by atoms with Gasteiger partial charge in [-0.2, -0.15) is 0 Å². The summed E-state index contributed by atoms with van der Waals surface area (Å²) in [6, 6.07) is 4.04. The molecule has 3 nitrogen and oxygen atoms in total. The second-order valence-electron chi connectivity index (χ2n) is 5.41. The van der Waals surface area contributed by atoms with Crippen LogP contribution in [0.25, 0.3) is 0 Å². The van der Waals surface area contributed by atoms with Crippen LogP contribution in [0.5, 0.6) is 0 Å². The second-order valence-corrected chi connectivity index (χ2v) is 6.58. The van der Waals surface area contributed by atoms with Gasteiger partial charge in [0.15, 0.2) is 5.78 Å². The molecule has 1 aliphatic heterocycles. The Morgan fingerprint density at radius 2 is 2.30 bits per heavy atom. The van der Waals surface area contributed by atoms with Crippen LogP contribution in [0.3, 0.4) is 0 Å². The fourth-order valence-corrected chi connectivity index (χ4v) is 3.45. The number of ketones is 1. The van der Waals surface area contributed by atoms with Crippen LogP contribution in [0.2, 0.25) is 0 Å². The Morgan fingerprint density at radius 3 is 3.00 bits per heavy atom. The van der Waals surface area contributed by atoms with Crippen molar-refractivity contribution in [2.45, 2.75) is 45.6 Å². The lowest BCUT2D eigenvalue weighted by Gasteiger charge is -2.31. The summed E-state index contributed by atoms with van der Waals surface area (Å²) in [5.41, 5.74) is 0. The van der Waals surface area contributed by atoms with E-state index in [1.807, 2.05) is 6.07 Å². The summed E-state index contributed by atoms with van der Waals surface area (Å²) in [5, 5.41) is 0. The van der Waals surface area contributed by atoms with Gasteiger partial charge in [0.2, 0.25) is 0 Å². The number of piperidine rings is 1. The summed E-state index contributed by atoms with van der Waals surface area (Å²) in [5.74, 6) is 0.255. The van der Waals surface area contributed by atoms with Crippen molar-refractivity contribution >= 4 is 17.1 Å². The molecule has 1 aromatic heterocycles. The summed E-state index contributed by atoms with van der Waals surface area (Å²) < 4.78 is 5.82. The van der Waals surface area contributed by atoms with Gasteiger partial charge in [0.1, 0.15) is 0 Å². The number of thiophene rings is 1. The van der Waals surface area contributed by atoms with Gasteiger partial charge >= 0.3 is 0 Å². The number of ether oxygens (including phenoxy) is 1. The molecule has 1 aromatic rings. The first-order chi connectivity index (χ1) is 9.72. The van der Waals surface area contributed by atoms with E-state index in [1.165, 1.54) is 4.88 Å². The third kappa shape index (κ3) is 4.40. The van der Waals surface area contributed by atoms with Crippen LogP contribution in [0.1, 0.15) is 47.7 Å². The zero-order chi connectivity index (χ0) is 14.4. The molecule has 0 amide bonds. The van der Waals surface area contributed by atoms with Crippen molar-refractivity contribution in [3.63, 3.8) is 0 Å². The molecule has 0 bridgehead atoms. The maximum atomic E-state index is 12.3. The molecule has 1 fully saturated rings. The van der Waals surface area contributed by atoms with Crippen molar-refractivity contribution in [3.05, 3.63) is 21.9 Å². The molecule has 0 saturated carbocycles. The fourth-order valence-electron chi connectivity index (χ4n) is 2.58. The lowest BCUT2D eigenvalue weighted by molar-refractivity contribution is 0.00134. The number of aryl methyl sites for hydroxylation is 1. The van der Waals surface area contributed by atoms with E-state index in [1.54, 1.807) is 11.3 Å². The molecule has 112 valence electrons. The van der Waals surface area contributed by atoms with Crippen LogP contribution in [-0.4, -0.2) is 43.0 Å². The summed E-state index contributed by atoms with van der Waals surface area (Å²) in [6.07, 6.45) is 4.64. The third-order valence-electron chi connectivity index (χ3n) is 3.67. The lowest BCUT2D eigenvalue weighted by atomic mass is 10.1. The van der Waals surface area contributed by atoms with E-state index < -0.39 is 0 Å². The van der Waals surface area contributed by atoms with Gasteiger partial charge < -0.3 is 4.74 Å². The number of likely N-dealkylation sites (tertiary alicyclic amines) is 1. The van der Waals surface area contributed by atoms with Crippen LogP contribution in [-0.2, 0) is 11.2 Å². The first-order valence-electron chi connectivity index (χ1n) is 7.68. The van der Waals surface area contributed by atoms with Crippen LogP contribution < -0.4 is 0 Å². The van der Waals surface area contributed by atoms with Crippen molar-refractivity contribution in [1.82, 2.24) is 4.90 Å². The number of hydrogen-bond donors (Lipinski definition) is 0. The van der Waals surface area contributed by atoms with Gasteiger partial charge in [-0.15, -0.1) is 11.3 Å². The smallest absolute Gasteiger partial charge is 0.186 e. The van der Waals surface area contributed by atoms with E-state index >= 15 is 0 Å². The molecule has 0 spiro atoms. The molecule has 1 aliphatic rings. The SMILES string of the molecule is CCCOC1CCCN(CC(=O)c2ccc(CC)s2)C1. The largest absolute Gasteiger partial charge is 0.377 e. The zero-order valence-electron chi connectivity index (χ0n) is 12.6. The predicted octanol–water partition coefficient (Wildman–Crippen LogP) is 3.38. The molecular weight excluding hydrogens is 270 g/mol. The van der Waals surface area contributed by atoms with Gasteiger partial charge in [-0.1, -0.05) is 13.8 Å². The molecule has 1 unspecified atom stereocenters. The number of Topliss-reactive ketones (excluding diaryl/α,β-unsaturated/α-hetero) is 1. The molecule has 2 heterocycles. The van der Waals surface area contributed by atoms with E-state index in [4.69, 9.17) is 4.74 Å². The Labute approximate surface area is 125 Å². The van der Waals surface area contributed by atoms with Gasteiger partial charge in [0.05, 0.1) is 17.5 Å². The Hall–Kier alpha value is -0.710. The average Bonchev–Trinajstić information content (AvgIpc) is 2.94. The van der Waals surface area contributed by atoms with E-state index in [2.05, 4.69) is 24.8 Å². The van der Waals surface area contributed by atoms with Crippen molar-refractivity contribution in [2.75, 3.05) is 26.2 Å². The minimum Gasteiger partial charge on any atom is -0.377 e. The Bertz CT molecular complexity index is 430.